The quantitative estimate of drug-likeness (QED) is 0.0155. The zero-order valence-electron chi connectivity index (χ0n) is 81.2. The number of aliphatic hydroxyl groups is 1. The number of imide groups is 1. The van der Waals surface area contributed by atoms with Crippen molar-refractivity contribution >= 4 is 88.8 Å². The molecule has 1 unspecified atom stereocenters. The highest BCUT2D eigenvalue weighted by molar-refractivity contribution is 6.67. The fourth-order valence-electron chi connectivity index (χ4n) is 18.0. The molecule has 146 heavy (non-hydrogen) atoms. The Kier molecular flexibility index (Phi) is 41.1. The molecule has 778 valence electrons. The van der Waals surface area contributed by atoms with Crippen LogP contribution in [0.15, 0.2) is 273 Å². The third-order valence-corrected chi connectivity index (χ3v) is 25.2. The number of nitrogens with one attached hydrogen (secondary N) is 1. The van der Waals surface area contributed by atoms with Crippen LogP contribution in [0, 0.1) is 5.92 Å². The van der Waals surface area contributed by atoms with Crippen molar-refractivity contribution in [3.63, 3.8) is 0 Å². The lowest BCUT2D eigenvalue weighted by Gasteiger charge is -2.52. The van der Waals surface area contributed by atoms with Gasteiger partial charge in [-0.1, -0.05) is 296 Å². The highest BCUT2D eigenvalue weighted by atomic mass is 35.6. The molecule has 2 N–H and O–H groups in total. The molecule has 4 amide bonds. The Bertz CT molecular complexity index is 5600. The van der Waals surface area contributed by atoms with Gasteiger partial charge in [0.15, 0.2) is 37.2 Å². The number of aliphatic hydroxyl groups excluding tert-OH is 1. The van der Waals surface area contributed by atoms with Crippen molar-refractivity contribution in [2.24, 2.45) is 5.92 Å². The summed E-state index contributed by atoms with van der Waals surface area (Å²) in [5.74, 6) is -10.00. The summed E-state index contributed by atoms with van der Waals surface area (Å²) in [5.41, 5.74) is 6.03. The lowest BCUT2D eigenvalue weighted by atomic mass is 9.85. The summed E-state index contributed by atoms with van der Waals surface area (Å²) in [4.78, 5) is 130. The van der Waals surface area contributed by atoms with Crippen LogP contribution in [0.5, 0.6) is 0 Å². The molecule has 37 heteroatoms. The average molecular weight is 2070 g/mol. The van der Waals surface area contributed by atoms with Crippen LogP contribution >= 0.6 is 34.8 Å². The number of carbonyl (C=O) groups is 9. The van der Waals surface area contributed by atoms with E-state index in [1.54, 1.807) is 77.7 Å². The average Bonchev–Trinajstić information content (AvgIpc) is 0.909. The van der Waals surface area contributed by atoms with Crippen LogP contribution in [-0.4, -0.2) is 248 Å². The van der Waals surface area contributed by atoms with Gasteiger partial charge in [-0.2, -0.15) is 0 Å². The van der Waals surface area contributed by atoms with Crippen molar-refractivity contribution in [1.29, 1.82) is 0 Å². The summed E-state index contributed by atoms with van der Waals surface area (Å²) in [7, 11) is 0.959. The molecule has 9 aromatic rings. The first-order valence-electron chi connectivity index (χ1n) is 48.2. The number of nitrogens with zero attached hydrogens (tertiary/aromatic N) is 2. The molecule has 5 heterocycles. The molecule has 0 aliphatic carbocycles. The Morgan fingerprint density at radius 2 is 0.966 bits per heavy atom. The fourth-order valence-corrected chi connectivity index (χ4v) is 18.2. The molecule has 5 aliphatic rings. The number of hydrogen-bond donors (Lipinski definition) is 2. The molecule has 0 aromatic heterocycles. The van der Waals surface area contributed by atoms with Gasteiger partial charge in [0.1, 0.15) is 92.9 Å². The summed E-state index contributed by atoms with van der Waals surface area (Å²) in [6.45, 7) is 0.963. The number of carbonyl (C=O) groups excluding carboxylic acids is 9. The van der Waals surface area contributed by atoms with Crippen molar-refractivity contribution in [2.75, 3.05) is 53.3 Å². The van der Waals surface area contributed by atoms with Crippen molar-refractivity contribution in [3.8, 4) is 0 Å². The SMILES string of the molecule is COC(=O)[C@]1(OC[C@H]2O[C@@H](O[C@H]3[C@@H](OCc4ccccc4)[C@@H](COCc4ccccc4)O[C@@H](O[C@H]4[C@H](OCc5ccccc5)[C@@H](Cc5ccccc5)[C@H](OCCCCCN(Cc5ccccc5)C(=O)OCc5ccccc5)O[C@@H]4COCc4ccccc4)[C@@H]3OC(=O)c3ccccc3)[C@H](NC(=O)OCC(Cl)(Cl)Cl)[C@@H](O)[C@@H]2OCc2ccccc2)C[C@@H]2OC(=O)N(C(C)=O)C2[C@H]([C@H](OC(C)=O)[C@@H](COC(C)=O)OC(C)=O)O1. The second-order valence-corrected chi connectivity index (χ2v) is 38.1. The van der Waals surface area contributed by atoms with E-state index in [4.69, 9.17) is 134 Å². The number of esters is 5. The summed E-state index contributed by atoms with van der Waals surface area (Å²) in [6, 6.07) is 78.9. The van der Waals surface area contributed by atoms with Gasteiger partial charge >= 0.3 is 48.1 Å². The van der Waals surface area contributed by atoms with Gasteiger partial charge in [0.05, 0.1) is 78.1 Å². The molecule has 0 spiro atoms. The molecular formula is C109H120Cl3N3O31. The molecule has 21 atom stereocenters. The molecule has 0 saturated carbocycles. The first-order chi connectivity index (χ1) is 70.7. The van der Waals surface area contributed by atoms with Gasteiger partial charge in [-0.3, -0.25) is 19.2 Å². The zero-order valence-corrected chi connectivity index (χ0v) is 83.5. The monoisotopic (exact) mass is 2070 g/mol. The van der Waals surface area contributed by atoms with Crippen LogP contribution in [0.25, 0.3) is 0 Å². The molecule has 14 rings (SSSR count). The van der Waals surface area contributed by atoms with Crippen molar-refractivity contribution in [1.82, 2.24) is 15.1 Å². The third kappa shape index (κ3) is 31.6. The van der Waals surface area contributed by atoms with Crippen molar-refractivity contribution in [3.05, 3.63) is 323 Å². The maximum atomic E-state index is 15.9. The minimum Gasteiger partial charge on any atom is -0.465 e. The normalized spacial score (nSPS) is 24.8. The van der Waals surface area contributed by atoms with Gasteiger partial charge in [0, 0.05) is 53.3 Å². The van der Waals surface area contributed by atoms with E-state index in [0.717, 1.165) is 68.2 Å². The zero-order chi connectivity index (χ0) is 103. The van der Waals surface area contributed by atoms with Crippen LogP contribution in [0.2, 0.25) is 0 Å². The summed E-state index contributed by atoms with van der Waals surface area (Å²) < 4.78 is 138. The molecule has 0 radical (unpaired) electrons. The maximum Gasteiger partial charge on any atom is 0.417 e. The van der Waals surface area contributed by atoms with Gasteiger partial charge in [-0.15, -0.1) is 0 Å². The number of benzene rings is 9. The predicted octanol–water partition coefficient (Wildman–Crippen LogP) is 14.9. The fraction of sp³-hybridized carbons (Fsp3) is 0.422. The van der Waals surface area contributed by atoms with Gasteiger partial charge < -0.3 is 115 Å². The summed E-state index contributed by atoms with van der Waals surface area (Å²) in [6.07, 6.45) is -31.2. The van der Waals surface area contributed by atoms with E-state index in [-0.39, 0.29) is 71.4 Å². The first-order valence-corrected chi connectivity index (χ1v) is 49.3. The Hall–Kier alpha value is -11.9. The molecule has 5 fully saturated rings. The Balaban J connectivity index is 0.898. The van der Waals surface area contributed by atoms with E-state index in [2.05, 4.69) is 5.32 Å². The smallest absolute Gasteiger partial charge is 0.417 e. The van der Waals surface area contributed by atoms with Gasteiger partial charge in [0.25, 0.3) is 5.79 Å². The predicted molar refractivity (Wildman–Crippen MR) is 525 cm³/mol. The van der Waals surface area contributed by atoms with Crippen LogP contribution < -0.4 is 5.32 Å². The van der Waals surface area contributed by atoms with Gasteiger partial charge in [-0.25, -0.2) is 28.9 Å². The maximum absolute atomic E-state index is 15.9. The molecule has 5 aliphatic heterocycles. The highest BCUT2D eigenvalue weighted by Crippen LogP contribution is 2.45. The number of unbranched alkanes of at least 4 members (excludes halogenated alkanes) is 2. The van der Waals surface area contributed by atoms with Crippen LogP contribution in [-0.2, 0) is 176 Å². The number of rotatable bonds is 48. The van der Waals surface area contributed by atoms with Gasteiger partial charge in [0.2, 0.25) is 9.70 Å². The molecule has 5 saturated heterocycles. The third-order valence-electron chi connectivity index (χ3n) is 24.9. The van der Waals surface area contributed by atoms with E-state index in [9.17, 15) is 38.7 Å². The van der Waals surface area contributed by atoms with Gasteiger partial charge in [-0.05, 0) is 82.3 Å². The number of alkyl halides is 3. The van der Waals surface area contributed by atoms with Crippen molar-refractivity contribution in [2.45, 2.75) is 232 Å². The summed E-state index contributed by atoms with van der Waals surface area (Å²) >= 11 is 18.9. The summed E-state index contributed by atoms with van der Waals surface area (Å²) in [5, 5.41) is 16.5. The standard InChI is InChI=1S/C109H120Cl3N3O31/c1-70(116)115-90-84(142-107(115)125)57-108(104(122)126-5,146-97(90)96(138-73(4)119)87(137-72(3)118)67-130-71(2)117)136-68-88-93(132-62-79-46-26-11-27-47-79)91(120)89(113-105(123)135-69-109(110,111)112)102(140-88)145-98-94(133-63-80-48-28-12-29-49-80)85(65-127-59-76-40-20-8-21-41-76)141-103(99(98)143-100(121)82-52-32-14-33-53-82)144-95-86(66-128-60-77-42-22-9-23-43-77)139-101(83(56-74-36-16-6-17-37-74)92(95)131-61-78-44-24-10-25-45-78)129-55-35-15-34-54-114(58-75-38-18-7-19-39-75)106(124)134-64-81-50-30-13-31-51-81/h6-14,16-33,36-53,83-99,101-103,120H,15,34-35,54-69H2,1-5H3,(H,113,123)/t83-,84+,85-,86-,87-,88-,89-,90?,91-,92-,93-,94+,95-,96-,97-,98+,99-,101-,102+,103+,108+/m1/s1. The molecule has 34 nitrogen and oxygen atoms in total. The second kappa shape index (κ2) is 54.7. The Morgan fingerprint density at radius 1 is 0.493 bits per heavy atom. The second-order valence-electron chi connectivity index (χ2n) is 35.6. The number of halogens is 3. The highest BCUT2D eigenvalue weighted by Gasteiger charge is 2.66. The first kappa shape index (κ1) is 110. The van der Waals surface area contributed by atoms with E-state index in [1.165, 1.54) is 12.1 Å². The lowest BCUT2D eigenvalue weighted by molar-refractivity contribution is -0.381. The van der Waals surface area contributed by atoms with Crippen LogP contribution in [0.4, 0.5) is 14.4 Å². The topological polar surface area (TPSA) is 386 Å². The Labute approximate surface area is 861 Å². The van der Waals surface area contributed by atoms with E-state index in [0.29, 0.717) is 48.4 Å². The molecular weight excluding hydrogens is 1950 g/mol. The van der Waals surface area contributed by atoms with Crippen LogP contribution in [0.3, 0.4) is 0 Å². The Morgan fingerprint density at radius 3 is 1.49 bits per heavy atom. The minimum absolute atomic E-state index is 0.00663. The van der Waals surface area contributed by atoms with E-state index in [1.807, 2.05) is 188 Å². The number of amides is 4. The van der Waals surface area contributed by atoms with Crippen molar-refractivity contribution < 1.29 is 148 Å². The minimum atomic E-state index is -2.93. The number of hydrogen-bond acceptors (Lipinski definition) is 31. The van der Waals surface area contributed by atoms with E-state index >= 15 is 9.59 Å². The molecule has 0 bridgehead atoms. The number of alkyl carbamates (subject to hydrolysis) is 1. The van der Waals surface area contributed by atoms with Crippen LogP contribution in [0.1, 0.15) is 108 Å². The number of ether oxygens (including phenoxy) is 21. The molecule has 9 aromatic carbocycles. The largest absolute Gasteiger partial charge is 0.465 e. The van der Waals surface area contributed by atoms with E-state index < -0.39 is 212 Å². The number of methoxy groups -OCH3 is 1. The number of fused-ring (bicyclic) bond motifs is 1. The lowest BCUT2D eigenvalue weighted by Crippen LogP contribution is -2.70.